The van der Waals surface area contributed by atoms with Gasteiger partial charge in [-0.1, -0.05) is 11.6 Å². The van der Waals surface area contributed by atoms with Crippen molar-refractivity contribution in [2.45, 2.75) is 19.4 Å². The van der Waals surface area contributed by atoms with Crippen LogP contribution in [-0.2, 0) is 0 Å². The van der Waals surface area contributed by atoms with Gasteiger partial charge >= 0.3 is 0 Å². The average Bonchev–Trinajstić information content (AvgIpc) is 2.37. The van der Waals surface area contributed by atoms with Gasteiger partial charge in [-0.25, -0.2) is 0 Å². The van der Waals surface area contributed by atoms with Gasteiger partial charge in [0.15, 0.2) is 0 Å². The first-order chi connectivity index (χ1) is 8.51. The number of hydrogen-bond acceptors (Lipinski definition) is 4. The Morgan fingerprint density at radius 3 is 2.89 bits per heavy atom. The number of rotatable bonds is 4. The van der Waals surface area contributed by atoms with E-state index in [2.05, 4.69) is 5.43 Å². The van der Waals surface area contributed by atoms with E-state index < -0.39 is 0 Å². The van der Waals surface area contributed by atoms with Crippen LogP contribution in [0.25, 0.3) is 0 Å². The number of nitriles is 1. The van der Waals surface area contributed by atoms with Gasteiger partial charge in [-0.05, 0) is 25.1 Å². The lowest BCUT2D eigenvalue weighted by molar-refractivity contribution is 0.0747. The van der Waals surface area contributed by atoms with Gasteiger partial charge in [0.1, 0.15) is 0 Å². The van der Waals surface area contributed by atoms with E-state index in [0.717, 1.165) is 0 Å². The van der Waals surface area contributed by atoms with E-state index >= 15 is 0 Å². The van der Waals surface area contributed by atoms with E-state index in [1.807, 2.05) is 6.07 Å². The van der Waals surface area contributed by atoms with Gasteiger partial charge in [-0.2, -0.15) is 5.26 Å². The number of benzene rings is 1. The van der Waals surface area contributed by atoms with Gasteiger partial charge in [0.2, 0.25) is 0 Å². The van der Waals surface area contributed by atoms with Crippen molar-refractivity contribution in [3.63, 3.8) is 0 Å². The van der Waals surface area contributed by atoms with Crippen molar-refractivity contribution >= 4 is 23.2 Å². The number of halogens is 1. The molecule has 0 saturated carbocycles. The number of carbonyl (C=O) groups excluding carboxylic acids is 1. The summed E-state index contributed by atoms with van der Waals surface area (Å²) >= 11 is 5.87. The maximum Gasteiger partial charge on any atom is 0.256 e. The van der Waals surface area contributed by atoms with Crippen LogP contribution in [0.2, 0.25) is 5.02 Å². The summed E-state index contributed by atoms with van der Waals surface area (Å²) in [4.78, 5) is 13.8. The highest BCUT2D eigenvalue weighted by Crippen LogP contribution is 2.22. The van der Waals surface area contributed by atoms with E-state index in [0.29, 0.717) is 16.3 Å². The summed E-state index contributed by atoms with van der Waals surface area (Å²) in [6, 6.07) is 6.69. The van der Waals surface area contributed by atoms with E-state index in [-0.39, 0.29) is 18.4 Å². The zero-order chi connectivity index (χ0) is 13.7. The molecular formula is C12H15ClN4O. The van der Waals surface area contributed by atoms with Gasteiger partial charge in [0, 0.05) is 18.1 Å². The topological polar surface area (TPSA) is 82.2 Å². The van der Waals surface area contributed by atoms with E-state index in [1.54, 1.807) is 32.2 Å². The summed E-state index contributed by atoms with van der Waals surface area (Å²) in [6.07, 6.45) is 0.272. The number of nitrogens with two attached hydrogens (primary N) is 1. The largest absolute Gasteiger partial charge is 0.338 e. The molecule has 1 unspecified atom stereocenters. The number of anilines is 1. The summed E-state index contributed by atoms with van der Waals surface area (Å²) in [7, 11) is 1.64. The Kier molecular flexibility index (Phi) is 4.95. The van der Waals surface area contributed by atoms with Crippen molar-refractivity contribution in [2.75, 3.05) is 12.5 Å². The van der Waals surface area contributed by atoms with E-state index in [9.17, 15) is 4.79 Å². The van der Waals surface area contributed by atoms with Crippen molar-refractivity contribution < 1.29 is 4.79 Å². The minimum absolute atomic E-state index is 0.174. The summed E-state index contributed by atoms with van der Waals surface area (Å²) in [6.45, 7) is 1.81. The van der Waals surface area contributed by atoms with Gasteiger partial charge in [0.25, 0.3) is 5.91 Å². The lowest BCUT2D eigenvalue weighted by atomic mass is 10.1. The number of carbonyl (C=O) groups is 1. The fraction of sp³-hybridized carbons (Fsp3) is 0.333. The number of nitrogens with one attached hydrogen (secondary N) is 1. The smallest absolute Gasteiger partial charge is 0.256 e. The molecule has 1 atom stereocenters. The Hall–Kier alpha value is -1.77. The molecule has 0 radical (unpaired) electrons. The second-order valence-corrected chi connectivity index (χ2v) is 4.40. The third kappa shape index (κ3) is 3.13. The zero-order valence-electron chi connectivity index (χ0n) is 10.3. The highest BCUT2D eigenvalue weighted by Gasteiger charge is 2.20. The fourth-order valence-electron chi connectivity index (χ4n) is 1.48. The lowest BCUT2D eigenvalue weighted by Crippen LogP contribution is -2.35. The molecule has 0 aliphatic heterocycles. The SMILES string of the molecule is CC(CC#N)N(C)C(=O)c1cc(Cl)ccc1NN. The molecular weight excluding hydrogens is 252 g/mol. The molecule has 0 fully saturated rings. The zero-order valence-corrected chi connectivity index (χ0v) is 11.0. The molecule has 0 bridgehead atoms. The van der Waals surface area contributed by atoms with Crippen LogP contribution < -0.4 is 11.3 Å². The minimum Gasteiger partial charge on any atom is -0.338 e. The molecule has 0 saturated heterocycles. The molecule has 0 heterocycles. The minimum atomic E-state index is -0.229. The van der Waals surface area contributed by atoms with Gasteiger partial charge in [-0.3, -0.25) is 10.6 Å². The molecule has 1 rings (SSSR count). The van der Waals surface area contributed by atoms with Crippen LogP contribution in [0.15, 0.2) is 18.2 Å². The number of amides is 1. The van der Waals surface area contributed by atoms with Crippen molar-refractivity contribution in [1.29, 1.82) is 5.26 Å². The van der Waals surface area contributed by atoms with Crippen LogP contribution in [-0.4, -0.2) is 23.9 Å². The quantitative estimate of drug-likeness (QED) is 0.645. The van der Waals surface area contributed by atoms with Crippen molar-refractivity contribution in [3.8, 4) is 6.07 Å². The molecule has 1 aromatic rings. The van der Waals surface area contributed by atoms with Crippen LogP contribution in [0, 0.1) is 11.3 Å². The second-order valence-electron chi connectivity index (χ2n) is 3.96. The summed E-state index contributed by atoms with van der Waals surface area (Å²) in [5.74, 6) is 5.13. The molecule has 0 aliphatic carbocycles. The molecule has 1 amide bonds. The molecule has 1 aromatic carbocycles. The summed E-state index contributed by atoms with van der Waals surface area (Å²) in [5, 5.41) is 9.10. The maximum absolute atomic E-state index is 12.3. The molecule has 96 valence electrons. The van der Waals surface area contributed by atoms with Gasteiger partial charge in [-0.15, -0.1) is 0 Å². The third-order valence-electron chi connectivity index (χ3n) is 2.74. The Labute approximate surface area is 111 Å². The van der Waals surface area contributed by atoms with Crippen molar-refractivity contribution in [3.05, 3.63) is 28.8 Å². The van der Waals surface area contributed by atoms with E-state index in [4.69, 9.17) is 22.7 Å². The van der Waals surface area contributed by atoms with Gasteiger partial charge in [0.05, 0.1) is 23.7 Å². The first-order valence-corrected chi connectivity index (χ1v) is 5.79. The molecule has 18 heavy (non-hydrogen) atoms. The fourth-order valence-corrected chi connectivity index (χ4v) is 1.65. The highest BCUT2D eigenvalue weighted by molar-refractivity contribution is 6.31. The second kappa shape index (κ2) is 6.24. The molecule has 0 aromatic heterocycles. The Balaban J connectivity index is 3.03. The third-order valence-corrected chi connectivity index (χ3v) is 2.97. The van der Waals surface area contributed by atoms with Crippen molar-refractivity contribution in [1.82, 2.24) is 4.90 Å². The normalized spacial score (nSPS) is 11.5. The number of hydrazine groups is 1. The Bertz CT molecular complexity index is 483. The summed E-state index contributed by atoms with van der Waals surface area (Å²) in [5.41, 5.74) is 3.35. The van der Waals surface area contributed by atoms with Crippen LogP contribution in [0.4, 0.5) is 5.69 Å². The molecule has 3 N–H and O–H groups in total. The Morgan fingerprint density at radius 2 is 2.33 bits per heavy atom. The average molecular weight is 267 g/mol. The predicted molar refractivity (Wildman–Crippen MR) is 71.0 cm³/mol. The first kappa shape index (κ1) is 14.3. The molecule has 5 nitrogen and oxygen atoms in total. The molecule has 6 heteroatoms. The first-order valence-electron chi connectivity index (χ1n) is 5.41. The van der Waals surface area contributed by atoms with Gasteiger partial charge < -0.3 is 10.3 Å². The van der Waals surface area contributed by atoms with Crippen LogP contribution in [0.5, 0.6) is 0 Å². The monoisotopic (exact) mass is 266 g/mol. The van der Waals surface area contributed by atoms with Crippen LogP contribution >= 0.6 is 11.6 Å². The standard InChI is InChI=1S/C12H15ClN4O/c1-8(5-6-14)17(2)12(18)10-7-9(13)3-4-11(10)16-15/h3-4,7-8,16H,5,15H2,1-2H3. The molecule has 0 aliphatic rings. The lowest BCUT2D eigenvalue weighted by Gasteiger charge is -2.24. The van der Waals surface area contributed by atoms with E-state index in [1.165, 1.54) is 4.90 Å². The van der Waals surface area contributed by atoms with Crippen LogP contribution in [0.3, 0.4) is 0 Å². The summed E-state index contributed by atoms with van der Waals surface area (Å²) < 4.78 is 0. The highest BCUT2D eigenvalue weighted by atomic mass is 35.5. The number of hydrogen-bond donors (Lipinski definition) is 2. The predicted octanol–water partition coefficient (Wildman–Crippen LogP) is 2.00. The number of nitrogens with zero attached hydrogens (tertiary/aromatic N) is 2. The van der Waals surface area contributed by atoms with Crippen molar-refractivity contribution in [2.24, 2.45) is 5.84 Å². The molecule has 0 spiro atoms. The van der Waals surface area contributed by atoms with Crippen LogP contribution in [0.1, 0.15) is 23.7 Å². The maximum atomic E-state index is 12.3. The number of nitrogen functional groups attached to an aromatic ring is 1. The Morgan fingerprint density at radius 1 is 1.67 bits per heavy atom.